The fourth-order valence-electron chi connectivity index (χ4n) is 15.7. The van der Waals surface area contributed by atoms with Crippen LogP contribution in [0, 0.1) is 13.8 Å². The molecule has 17 rings (SSSR count). The van der Waals surface area contributed by atoms with Gasteiger partial charge in [-0.1, -0.05) is 210 Å². The van der Waals surface area contributed by atoms with Crippen LogP contribution in [0.2, 0.25) is 0 Å². The Hall–Kier alpha value is -8.44. The molecule has 2 spiro atoms. The van der Waals surface area contributed by atoms with Gasteiger partial charge in [0.25, 0.3) is 6.71 Å². The Labute approximate surface area is 468 Å². The van der Waals surface area contributed by atoms with Gasteiger partial charge in [-0.05, 0) is 173 Å². The summed E-state index contributed by atoms with van der Waals surface area (Å²) < 4.78 is 1.41. The van der Waals surface area contributed by atoms with Crippen molar-refractivity contribution in [1.82, 2.24) is 0 Å². The summed E-state index contributed by atoms with van der Waals surface area (Å²) in [4.78, 5) is 6.76. The number of benzene rings is 10. The molecule has 4 aliphatic carbocycles. The number of hydrogen-bond acceptors (Lipinski definition) is 3. The van der Waals surface area contributed by atoms with Crippen molar-refractivity contribution in [3.05, 3.63) is 278 Å². The first kappa shape index (κ1) is 45.6. The topological polar surface area (TPSA) is 6.48 Å². The van der Waals surface area contributed by atoms with Crippen molar-refractivity contribution in [3.8, 4) is 44.5 Å². The SMILES string of the molecule is Cc1ccc(N2c3cc4c(cc3B3c5sc6c(c5N(c5ccc(C(C)(C)C)cc5)c5cc(C)cc2c53)-c2ccc(C(C)C)cc2C62c3ccccc3-c3ccccc32)C2(c3ccccc3-c3ccccc32)c2ccccc2-4)cc1. The van der Waals surface area contributed by atoms with Gasteiger partial charge in [0.05, 0.1) is 16.5 Å². The zero-order chi connectivity index (χ0) is 53.0. The van der Waals surface area contributed by atoms with Gasteiger partial charge in [0.1, 0.15) is 0 Å². The van der Waals surface area contributed by atoms with Crippen molar-refractivity contribution >= 4 is 67.9 Å². The van der Waals surface area contributed by atoms with Gasteiger partial charge in [-0.2, -0.15) is 0 Å². The molecule has 6 aliphatic rings. The lowest BCUT2D eigenvalue weighted by Gasteiger charge is -2.44. The molecule has 0 saturated heterocycles. The van der Waals surface area contributed by atoms with E-state index in [1.54, 1.807) is 0 Å². The van der Waals surface area contributed by atoms with Gasteiger partial charge in [-0.25, -0.2) is 0 Å². The maximum atomic E-state index is 2.71. The first-order valence-electron chi connectivity index (χ1n) is 28.4. The van der Waals surface area contributed by atoms with Crippen LogP contribution in [0.4, 0.5) is 34.1 Å². The standard InChI is InChI=1S/C75H57BN2S/c1-43(2)46-30-37-55-62(40-46)75(60-26-16-10-20-52(60)53-21-11-17-27-61(53)75)71-68(55)70-72(79-71)76-64-42-63-56(54-22-12-15-25-59(54)74(63)57-23-13-8-18-50(57)51-19-9-14-24-58(51)74)41-65(64)77(48-33-28-44(3)29-34-48)66-38-45(4)39-67(69(66)76)78(70)49-35-31-47(32-36-49)73(5,6)7/h8-43H,1-7H3. The maximum absolute atomic E-state index is 2.71. The summed E-state index contributed by atoms with van der Waals surface area (Å²) in [7, 11) is 0. The Morgan fingerprint density at radius 3 is 1.46 bits per heavy atom. The number of fused-ring (bicyclic) bond motifs is 25. The Bertz CT molecular complexity index is 4400. The van der Waals surface area contributed by atoms with E-state index in [1.165, 1.54) is 160 Å². The molecule has 3 heterocycles. The van der Waals surface area contributed by atoms with E-state index in [2.05, 4.69) is 282 Å². The summed E-state index contributed by atoms with van der Waals surface area (Å²) in [5.41, 5.74) is 34.6. The highest BCUT2D eigenvalue weighted by atomic mass is 32.1. The molecule has 2 nitrogen and oxygen atoms in total. The molecular formula is C75H57BN2S. The van der Waals surface area contributed by atoms with E-state index in [0.29, 0.717) is 5.92 Å². The molecule has 0 amide bonds. The molecule has 0 radical (unpaired) electrons. The van der Waals surface area contributed by atoms with Gasteiger partial charge in [-0.3, -0.25) is 0 Å². The average molecular weight is 1030 g/mol. The van der Waals surface area contributed by atoms with Gasteiger partial charge < -0.3 is 9.80 Å². The van der Waals surface area contributed by atoms with E-state index in [9.17, 15) is 0 Å². The highest BCUT2D eigenvalue weighted by Crippen LogP contribution is 2.68. The molecule has 2 aliphatic heterocycles. The lowest BCUT2D eigenvalue weighted by molar-refractivity contribution is 0.590. The van der Waals surface area contributed by atoms with Gasteiger partial charge in [0.15, 0.2) is 0 Å². The van der Waals surface area contributed by atoms with E-state index in [4.69, 9.17) is 0 Å². The van der Waals surface area contributed by atoms with Crippen LogP contribution >= 0.6 is 11.3 Å². The molecular weight excluding hydrogens is 972 g/mol. The number of aryl methyl sites for hydroxylation is 2. The summed E-state index contributed by atoms with van der Waals surface area (Å²) in [6, 6.07) is 83.2. The minimum atomic E-state index is -0.510. The summed E-state index contributed by atoms with van der Waals surface area (Å²) >= 11 is 2.09. The van der Waals surface area contributed by atoms with E-state index < -0.39 is 10.8 Å². The first-order chi connectivity index (χ1) is 38.5. The van der Waals surface area contributed by atoms with E-state index in [-0.39, 0.29) is 12.1 Å². The predicted octanol–water partition coefficient (Wildman–Crippen LogP) is 17.6. The molecule has 0 N–H and O–H groups in total. The van der Waals surface area contributed by atoms with E-state index in [1.807, 2.05) is 0 Å². The molecule has 10 aromatic carbocycles. The van der Waals surface area contributed by atoms with Crippen LogP contribution in [0.1, 0.15) is 107 Å². The van der Waals surface area contributed by atoms with Crippen LogP contribution in [0.3, 0.4) is 0 Å². The van der Waals surface area contributed by atoms with Crippen molar-refractivity contribution in [2.45, 2.75) is 70.6 Å². The van der Waals surface area contributed by atoms with Crippen LogP contribution in [0.5, 0.6) is 0 Å². The monoisotopic (exact) mass is 1030 g/mol. The molecule has 0 saturated carbocycles. The predicted molar refractivity (Wildman–Crippen MR) is 333 cm³/mol. The first-order valence-corrected chi connectivity index (χ1v) is 29.2. The zero-order valence-corrected chi connectivity index (χ0v) is 46.5. The Morgan fingerprint density at radius 1 is 0.430 bits per heavy atom. The molecule has 0 fully saturated rings. The second kappa shape index (κ2) is 15.6. The molecule has 0 unspecified atom stereocenters. The van der Waals surface area contributed by atoms with Crippen LogP contribution in [0.15, 0.2) is 212 Å². The third kappa shape index (κ3) is 5.63. The number of hydrogen-bond donors (Lipinski definition) is 0. The third-order valence-corrected chi connectivity index (χ3v) is 20.5. The third-order valence-electron chi connectivity index (χ3n) is 19.1. The van der Waals surface area contributed by atoms with Crippen molar-refractivity contribution < 1.29 is 0 Å². The molecule has 1 aromatic heterocycles. The molecule has 376 valence electrons. The summed E-state index contributed by atoms with van der Waals surface area (Å²) in [6.07, 6.45) is 0. The fourth-order valence-corrected chi connectivity index (χ4v) is 17.4. The van der Waals surface area contributed by atoms with Crippen molar-refractivity contribution in [1.29, 1.82) is 0 Å². The fraction of sp³-hybridized carbons (Fsp3) is 0.147. The number of nitrogens with zero attached hydrogens (tertiary/aromatic N) is 2. The largest absolute Gasteiger partial charge is 0.311 e. The second-order valence-electron chi connectivity index (χ2n) is 24.6. The van der Waals surface area contributed by atoms with Crippen LogP contribution in [-0.2, 0) is 16.2 Å². The summed E-state index contributed by atoms with van der Waals surface area (Å²) in [5.74, 6) is 0.373. The summed E-state index contributed by atoms with van der Waals surface area (Å²) in [5, 5.41) is 0. The zero-order valence-electron chi connectivity index (χ0n) is 45.7. The van der Waals surface area contributed by atoms with Crippen molar-refractivity contribution in [2.24, 2.45) is 0 Å². The number of rotatable bonds is 3. The second-order valence-corrected chi connectivity index (χ2v) is 25.7. The molecule has 0 atom stereocenters. The molecule has 11 aromatic rings. The summed E-state index contributed by atoms with van der Waals surface area (Å²) in [6.45, 7) is 16.1. The minimum absolute atomic E-state index is 0.00138. The van der Waals surface area contributed by atoms with Gasteiger partial charge in [0.2, 0.25) is 0 Å². The lowest BCUT2D eigenvalue weighted by Crippen LogP contribution is -2.60. The van der Waals surface area contributed by atoms with E-state index >= 15 is 0 Å². The van der Waals surface area contributed by atoms with Crippen LogP contribution in [0.25, 0.3) is 44.5 Å². The average Bonchev–Trinajstić information content (AvgIpc) is 2.39. The Morgan fingerprint density at radius 2 is 0.911 bits per heavy atom. The van der Waals surface area contributed by atoms with Gasteiger partial charge in [0, 0.05) is 43.7 Å². The van der Waals surface area contributed by atoms with Crippen LogP contribution < -0.4 is 25.5 Å². The highest BCUT2D eigenvalue weighted by molar-refractivity contribution is 7.30. The molecule has 4 heteroatoms. The maximum Gasteiger partial charge on any atom is 0.264 e. The Balaban J connectivity index is 1.04. The van der Waals surface area contributed by atoms with Gasteiger partial charge >= 0.3 is 0 Å². The number of thiophene rings is 1. The smallest absolute Gasteiger partial charge is 0.264 e. The quantitative estimate of drug-likeness (QED) is 0.163. The molecule has 0 bridgehead atoms. The number of anilines is 6. The van der Waals surface area contributed by atoms with Crippen LogP contribution in [-0.4, -0.2) is 6.71 Å². The van der Waals surface area contributed by atoms with Crippen molar-refractivity contribution in [2.75, 3.05) is 9.80 Å². The molecule has 79 heavy (non-hydrogen) atoms. The van der Waals surface area contributed by atoms with Crippen molar-refractivity contribution in [3.63, 3.8) is 0 Å². The minimum Gasteiger partial charge on any atom is -0.311 e. The van der Waals surface area contributed by atoms with Gasteiger partial charge in [-0.15, -0.1) is 11.3 Å². The normalized spacial score (nSPS) is 15.3. The Kier molecular flexibility index (Phi) is 9.03. The lowest BCUT2D eigenvalue weighted by atomic mass is 9.35. The van der Waals surface area contributed by atoms with E-state index in [0.717, 1.165) is 0 Å². The highest BCUT2D eigenvalue weighted by Gasteiger charge is 2.58.